The van der Waals surface area contributed by atoms with E-state index >= 15 is 0 Å². The lowest BCUT2D eigenvalue weighted by Crippen LogP contribution is -2.29. The van der Waals surface area contributed by atoms with Crippen molar-refractivity contribution in [2.75, 3.05) is 32.0 Å². The van der Waals surface area contributed by atoms with Crippen LogP contribution in [0.1, 0.15) is 24.9 Å². The first-order valence-corrected chi connectivity index (χ1v) is 5.94. The van der Waals surface area contributed by atoms with Gasteiger partial charge in [-0.15, -0.1) is 0 Å². The summed E-state index contributed by atoms with van der Waals surface area (Å²) in [6.07, 6.45) is 1.12. The summed E-state index contributed by atoms with van der Waals surface area (Å²) in [6.45, 7) is 6.08. The predicted octanol–water partition coefficient (Wildman–Crippen LogP) is 2.05. The summed E-state index contributed by atoms with van der Waals surface area (Å²) < 4.78 is 5.47. The molecule has 1 atom stereocenters. The van der Waals surface area contributed by atoms with Crippen LogP contribution in [-0.2, 0) is 4.74 Å². The number of anilines is 1. The topological polar surface area (TPSA) is 38.5 Å². The van der Waals surface area contributed by atoms with Gasteiger partial charge in [-0.25, -0.2) is 0 Å². The van der Waals surface area contributed by atoms with Crippen LogP contribution >= 0.6 is 0 Å². The molecular formula is C13H20N2O. The third-order valence-electron chi connectivity index (χ3n) is 3.20. The zero-order valence-electron chi connectivity index (χ0n) is 9.86. The second-order valence-electron chi connectivity index (χ2n) is 4.35. The fraction of sp³-hybridized carbons (Fsp3) is 0.538. The van der Waals surface area contributed by atoms with Gasteiger partial charge in [-0.3, -0.25) is 4.90 Å². The van der Waals surface area contributed by atoms with Crippen molar-refractivity contribution in [3.63, 3.8) is 0 Å². The molecule has 88 valence electrons. The molecule has 1 aromatic rings. The molecule has 1 unspecified atom stereocenters. The van der Waals surface area contributed by atoms with E-state index in [9.17, 15) is 0 Å². The highest BCUT2D eigenvalue weighted by Crippen LogP contribution is 2.22. The smallest absolute Gasteiger partial charge is 0.0593 e. The van der Waals surface area contributed by atoms with Crippen LogP contribution in [0.5, 0.6) is 0 Å². The van der Waals surface area contributed by atoms with E-state index in [0.29, 0.717) is 6.04 Å². The van der Waals surface area contributed by atoms with Gasteiger partial charge < -0.3 is 10.5 Å². The quantitative estimate of drug-likeness (QED) is 0.775. The molecule has 16 heavy (non-hydrogen) atoms. The standard InChI is InChI=1S/C13H20N2O/c1-11(12-4-2-5-13(14)10-12)15-6-3-8-16-9-7-15/h2,4-5,10-11H,3,6-9,14H2,1H3. The number of nitrogen functional groups attached to an aromatic ring is 1. The molecule has 1 saturated heterocycles. The average Bonchev–Trinajstić information content (AvgIpc) is 2.56. The van der Waals surface area contributed by atoms with E-state index in [2.05, 4.69) is 24.0 Å². The summed E-state index contributed by atoms with van der Waals surface area (Å²) in [4.78, 5) is 2.46. The van der Waals surface area contributed by atoms with Crippen molar-refractivity contribution in [3.05, 3.63) is 29.8 Å². The summed E-state index contributed by atoms with van der Waals surface area (Å²) in [5, 5.41) is 0. The first-order chi connectivity index (χ1) is 7.77. The van der Waals surface area contributed by atoms with Gasteiger partial charge in [0.2, 0.25) is 0 Å². The van der Waals surface area contributed by atoms with Gasteiger partial charge in [-0.2, -0.15) is 0 Å². The number of nitrogens with zero attached hydrogens (tertiary/aromatic N) is 1. The summed E-state index contributed by atoms with van der Waals surface area (Å²) in [5.41, 5.74) is 7.95. The molecule has 0 amide bonds. The van der Waals surface area contributed by atoms with Crippen LogP contribution in [0.2, 0.25) is 0 Å². The predicted molar refractivity (Wildman–Crippen MR) is 66.3 cm³/mol. The molecule has 0 bridgehead atoms. The number of rotatable bonds is 2. The van der Waals surface area contributed by atoms with Crippen LogP contribution in [-0.4, -0.2) is 31.2 Å². The van der Waals surface area contributed by atoms with Gasteiger partial charge in [0.25, 0.3) is 0 Å². The number of nitrogens with two attached hydrogens (primary N) is 1. The Morgan fingerprint density at radius 3 is 3.00 bits per heavy atom. The van der Waals surface area contributed by atoms with Crippen molar-refractivity contribution < 1.29 is 4.74 Å². The summed E-state index contributed by atoms with van der Waals surface area (Å²) >= 11 is 0. The first kappa shape index (κ1) is 11.4. The number of hydrogen-bond donors (Lipinski definition) is 1. The van der Waals surface area contributed by atoms with Gasteiger partial charge in [0, 0.05) is 31.4 Å². The maximum Gasteiger partial charge on any atom is 0.0593 e. The summed E-state index contributed by atoms with van der Waals surface area (Å²) in [7, 11) is 0. The molecule has 1 aliphatic heterocycles. The molecule has 0 spiro atoms. The van der Waals surface area contributed by atoms with Gasteiger partial charge >= 0.3 is 0 Å². The van der Waals surface area contributed by atoms with E-state index in [-0.39, 0.29) is 0 Å². The van der Waals surface area contributed by atoms with Gasteiger partial charge in [0.15, 0.2) is 0 Å². The minimum Gasteiger partial charge on any atom is -0.399 e. The molecule has 1 fully saturated rings. The third-order valence-corrected chi connectivity index (χ3v) is 3.20. The fourth-order valence-corrected chi connectivity index (χ4v) is 2.18. The van der Waals surface area contributed by atoms with Crippen molar-refractivity contribution in [3.8, 4) is 0 Å². The Morgan fingerprint density at radius 2 is 2.19 bits per heavy atom. The maximum atomic E-state index is 5.81. The van der Waals surface area contributed by atoms with E-state index in [4.69, 9.17) is 10.5 Å². The minimum absolute atomic E-state index is 0.421. The number of hydrogen-bond acceptors (Lipinski definition) is 3. The highest BCUT2D eigenvalue weighted by molar-refractivity contribution is 5.41. The molecule has 1 aromatic carbocycles. The van der Waals surface area contributed by atoms with E-state index < -0.39 is 0 Å². The van der Waals surface area contributed by atoms with Crippen LogP contribution < -0.4 is 5.73 Å². The Bertz CT molecular complexity index is 332. The van der Waals surface area contributed by atoms with Crippen molar-refractivity contribution in [1.82, 2.24) is 4.90 Å². The first-order valence-electron chi connectivity index (χ1n) is 5.94. The Balaban J connectivity index is 2.07. The summed E-state index contributed by atoms with van der Waals surface area (Å²) in [5.74, 6) is 0. The molecule has 1 aliphatic rings. The molecule has 3 heteroatoms. The van der Waals surface area contributed by atoms with E-state index in [1.807, 2.05) is 12.1 Å². The second kappa shape index (κ2) is 5.32. The van der Waals surface area contributed by atoms with Crippen molar-refractivity contribution >= 4 is 5.69 Å². The van der Waals surface area contributed by atoms with Crippen molar-refractivity contribution in [2.24, 2.45) is 0 Å². The molecule has 0 aromatic heterocycles. The lowest BCUT2D eigenvalue weighted by atomic mass is 10.1. The van der Waals surface area contributed by atoms with Gasteiger partial charge in [0.1, 0.15) is 0 Å². The zero-order valence-corrected chi connectivity index (χ0v) is 9.86. The monoisotopic (exact) mass is 220 g/mol. The molecule has 0 aliphatic carbocycles. The van der Waals surface area contributed by atoms with E-state index in [1.54, 1.807) is 0 Å². The van der Waals surface area contributed by atoms with Crippen LogP contribution in [0, 0.1) is 0 Å². The van der Waals surface area contributed by atoms with Gasteiger partial charge in [-0.1, -0.05) is 12.1 Å². The maximum absolute atomic E-state index is 5.81. The van der Waals surface area contributed by atoms with Crippen LogP contribution in [0.4, 0.5) is 5.69 Å². The molecule has 0 saturated carbocycles. The average molecular weight is 220 g/mol. The molecular weight excluding hydrogens is 200 g/mol. The van der Waals surface area contributed by atoms with E-state index in [0.717, 1.165) is 38.4 Å². The lowest BCUT2D eigenvalue weighted by Gasteiger charge is -2.27. The van der Waals surface area contributed by atoms with Crippen LogP contribution in [0.3, 0.4) is 0 Å². The largest absolute Gasteiger partial charge is 0.399 e. The van der Waals surface area contributed by atoms with Crippen LogP contribution in [0.25, 0.3) is 0 Å². The van der Waals surface area contributed by atoms with Gasteiger partial charge in [0.05, 0.1) is 6.61 Å². The Hall–Kier alpha value is -1.06. The van der Waals surface area contributed by atoms with E-state index in [1.165, 1.54) is 5.56 Å². The molecule has 0 radical (unpaired) electrons. The van der Waals surface area contributed by atoms with Crippen molar-refractivity contribution in [2.45, 2.75) is 19.4 Å². The third kappa shape index (κ3) is 2.74. The molecule has 1 heterocycles. The normalized spacial score (nSPS) is 20.3. The van der Waals surface area contributed by atoms with Gasteiger partial charge in [-0.05, 0) is 31.0 Å². The molecule has 3 nitrogen and oxygen atoms in total. The fourth-order valence-electron chi connectivity index (χ4n) is 2.18. The summed E-state index contributed by atoms with van der Waals surface area (Å²) in [6, 6.07) is 8.59. The van der Waals surface area contributed by atoms with Crippen molar-refractivity contribution in [1.29, 1.82) is 0 Å². The Kier molecular flexibility index (Phi) is 3.80. The Labute approximate surface area is 97.2 Å². The number of ether oxygens (including phenoxy) is 1. The Morgan fingerprint density at radius 1 is 1.31 bits per heavy atom. The lowest BCUT2D eigenvalue weighted by molar-refractivity contribution is 0.134. The minimum atomic E-state index is 0.421. The zero-order chi connectivity index (χ0) is 11.4. The number of benzene rings is 1. The highest BCUT2D eigenvalue weighted by atomic mass is 16.5. The molecule has 2 N–H and O–H groups in total. The SMILES string of the molecule is CC(c1cccc(N)c1)N1CCCOCC1. The van der Waals surface area contributed by atoms with Crippen LogP contribution in [0.15, 0.2) is 24.3 Å². The highest BCUT2D eigenvalue weighted by Gasteiger charge is 2.17. The molecule has 2 rings (SSSR count). The second-order valence-corrected chi connectivity index (χ2v) is 4.35.